The number of hydrazone groups is 1. The lowest BCUT2D eigenvalue weighted by Gasteiger charge is -2.32. The first-order chi connectivity index (χ1) is 11.1. The Kier molecular flexibility index (Phi) is 4.67. The highest BCUT2D eigenvalue weighted by atomic mass is 32.2. The van der Waals surface area contributed by atoms with Gasteiger partial charge in [-0.25, -0.2) is 5.43 Å². The van der Waals surface area contributed by atoms with Gasteiger partial charge in [0.05, 0.1) is 11.4 Å². The molecular weight excluding hydrogens is 306 g/mol. The van der Waals surface area contributed by atoms with Crippen LogP contribution in [0.1, 0.15) is 20.3 Å². The molecule has 1 amide bonds. The average molecular weight is 325 g/mol. The molecule has 0 unspecified atom stereocenters. The zero-order valence-electron chi connectivity index (χ0n) is 13.2. The molecule has 23 heavy (non-hydrogen) atoms. The summed E-state index contributed by atoms with van der Waals surface area (Å²) < 4.78 is 0. The lowest BCUT2D eigenvalue weighted by atomic mass is 10.2. The number of carbonyl (C=O) groups excluding carboxylic acids is 1. The molecule has 1 N–H and O–H groups in total. The first-order valence-corrected chi connectivity index (χ1v) is 8.40. The molecule has 2 aromatic rings. The maximum absolute atomic E-state index is 12.0. The van der Waals surface area contributed by atoms with Gasteiger partial charge in [0.15, 0.2) is 0 Å². The van der Waals surface area contributed by atoms with Gasteiger partial charge in [-0.15, -0.1) is 0 Å². The number of hydrogen-bond acceptors (Lipinski definition) is 4. The molecule has 1 aliphatic heterocycles. The van der Waals surface area contributed by atoms with Crippen LogP contribution in [-0.2, 0) is 4.79 Å². The maximum atomic E-state index is 12.0. The third-order valence-corrected chi connectivity index (χ3v) is 4.63. The largest absolute Gasteiger partial charge is 0.339 e. The van der Waals surface area contributed by atoms with E-state index in [0.29, 0.717) is 13.0 Å². The van der Waals surface area contributed by atoms with Crippen LogP contribution >= 0.6 is 11.8 Å². The molecule has 0 fully saturated rings. The minimum Gasteiger partial charge on any atom is -0.339 e. The van der Waals surface area contributed by atoms with Crippen molar-refractivity contribution in [2.45, 2.75) is 30.1 Å². The second-order valence-electron chi connectivity index (χ2n) is 5.53. The highest BCUT2D eigenvalue weighted by Crippen LogP contribution is 2.47. The topological polar surface area (TPSA) is 44.7 Å². The molecule has 0 aliphatic carbocycles. The van der Waals surface area contributed by atoms with Crippen molar-refractivity contribution in [1.82, 2.24) is 5.43 Å². The van der Waals surface area contributed by atoms with E-state index in [0.717, 1.165) is 17.1 Å². The molecule has 5 heteroatoms. The number of anilines is 2. The van der Waals surface area contributed by atoms with Gasteiger partial charge in [-0.3, -0.25) is 4.79 Å². The van der Waals surface area contributed by atoms with Gasteiger partial charge in [-0.2, -0.15) is 5.10 Å². The van der Waals surface area contributed by atoms with Crippen molar-refractivity contribution in [3.63, 3.8) is 0 Å². The van der Waals surface area contributed by atoms with Crippen LogP contribution in [0, 0.1) is 0 Å². The SMILES string of the molecule is CC(C)=NNC(=O)CCN1c2ccccc2Sc2ccccc21. The fraction of sp³-hybridized carbons (Fsp3) is 0.222. The third kappa shape index (κ3) is 3.56. The Balaban J connectivity index is 1.81. The van der Waals surface area contributed by atoms with Gasteiger partial charge in [-0.05, 0) is 38.1 Å². The van der Waals surface area contributed by atoms with Gasteiger partial charge in [0, 0.05) is 28.5 Å². The number of nitrogens with zero attached hydrogens (tertiary/aromatic N) is 2. The summed E-state index contributed by atoms with van der Waals surface area (Å²) in [5.41, 5.74) is 5.73. The summed E-state index contributed by atoms with van der Waals surface area (Å²) >= 11 is 1.77. The molecule has 1 aliphatic rings. The first-order valence-electron chi connectivity index (χ1n) is 7.58. The minimum absolute atomic E-state index is 0.0700. The predicted octanol–water partition coefficient (Wildman–Crippen LogP) is 4.19. The molecule has 0 saturated carbocycles. The number of para-hydroxylation sites is 2. The monoisotopic (exact) mass is 325 g/mol. The summed E-state index contributed by atoms with van der Waals surface area (Å²) in [6.07, 6.45) is 0.393. The molecule has 0 spiro atoms. The zero-order valence-corrected chi connectivity index (χ0v) is 14.1. The first kappa shape index (κ1) is 15.6. The molecule has 2 aromatic carbocycles. The van der Waals surface area contributed by atoms with Crippen molar-refractivity contribution in [2.75, 3.05) is 11.4 Å². The number of benzene rings is 2. The minimum atomic E-state index is -0.0700. The Morgan fingerprint density at radius 1 is 1.04 bits per heavy atom. The van der Waals surface area contributed by atoms with E-state index in [1.165, 1.54) is 9.79 Å². The third-order valence-electron chi connectivity index (χ3n) is 3.50. The summed E-state index contributed by atoms with van der Waals surface area (Å²) in [5, 5.41) is 3.97. The second-order valence-corrected chi connectivity index (χ2v) is 6.62. The highest BCUT2D eigenvalue weighted by molar-refractivity contribution is 7.99. The van der Waals surface area contributed by atoms with Crippen molar-refractivity contribution in [1.29, 1.82) is 0 Å². The molecule has 1 heterocycles. The Bertz CT molecular complexity index is 708. The molecule has 4 nitrogen and oxygen atoms in total. The number of rotatable bonds is 4. The van der Waals surface area contributed by atoms with Crippen molar-refractivity contribution in [3.8, 4) is 0 Å². The fourth-order valence-electron chi connectivity index (χ4n) is 2.47. The normalized spacial score (nSPS) is 12.2. The van der Waals surface area contributed by atoms with Crippen LogP contribution in [0.25, 0.3) is 0 Å². The van der Waals surface area contributed by atoms with Crippen LogP contribution in [-0.4, -0.2) is 18.2 Å². The van der Waals surface area contributed by atoms with Crippen molar-refractivity contribution in [3.05, 3.63) is 48.5 Å². The van der Waals surface area contributed by atoms with Crippen LogP contribution in [0.3, 0.4) is 0 Å². The van der Waals surface area contributed by atoms with Gasteiger partial charge in [0.25, 0.3) is 0 Å². The predicted molar refractivity (Wildman–Crippen MR) is 95.6 cm³/mol. The van der Waals surface area contributed by atoms with E-state index in [4.69, 9.17) is 0 Å². The smallest absolute Gasteiger partial charge is 0.241 e. The van der Waals surface area contributed by atoms with Gasteiger partial charge < -0.3 is 4.90 Å². The zero-order chi connectivity index (χ0) is 16.2. The Labute approximate surface area is 140 Å². The van der Waals surface area contributed by atoms with Crippen LogP contribution in [0.4, 0.5) is 11.4 Å². The number of fused-ring (bicyclic) bond motifs is 2. The molecule has 0 atom stereocenters. The number of amides is 1. The van der Waals surface area contributed by atoms with Crippen LogP contribution in [0.5, 0.6) is 0 Å². The number of hydrogen-bond donors (Lipinski definition) is 1. The van der Waals surface area contributed by atoms with Crippen LogP contribution in [0.2, 0.25) is 0 Å². The Hall–Kier alpha value is -2.27. The van der Waals surface area contributed by atoms with Gasteiger partial charge in [-0.1, -0.05) is 36.0 Å². The summed E-state index contributed by atoms with van der Waals surface area (Å²) in [4.78, 5) is 16.6. The van der Waals surface area contributed by atoms with Gasteiger partial charge >= 0.3 is 0 Å². The lowest BCUT2D eigenvalue weighted by Crippen LogP contribution is -2.27. The highest BCUT2D eigenvalue weighted by Gasteiger charge is 2.22. The van der Waals surface area contributed by atoms with Crippen LogP contribution < -0.4 is 10.3 Å². The Morgan fingerprint density at radius 2 is 1.61 bits per heavy atom. The van der Waals surface area contributed by atoms with Crippen LogP contribution in [0.15, 0.2) is 63.4 Å². The van der Waals surface area contributed by atoms with E-state index < -0.39 is 0 Å². The van der Waals surface area contributed by atoms with E-state index >= 15 is 0 Å². The second kappa shape index (κ2) is 6.87. The quantitative estimate of drug-likeness (QED) is 0.677. The molecule has 0 saturated heterocycles. The number of nitrogens with one attached hydrogen (secondary N) is 1. The molecular formula is C18H19N3OS. The summed E-state index contributed by atoms with van der Waals surface area (Å²) in [6.45, 7) is 4.34. The fourth-order valence-corrected chi connectivity index (χ4v) is 3.56. The molecule has 0 radical (unpaired) electrons. The van der Waals surface area contributed by atoms with Crippen molar-refractivity contribution < 1.29 is 4.79 Å². The van der Waals surface area contributed by atoms with E-state index in [-0.39, 0.29) is 5.91 Å². The summed E-state index contributed by atoms with van der Waals surface area (Å²) in [7, 11) is 0. The maximum Gasteiger partial charge on any atom is 0.241 e. The standard InChI is InChI=1S/C18H19N3OS/c1-13(2)19-20-18(22)11-12-21-14-7-3-5-9-16(14)23-17-10-6-4-8-15(17)21/h3-10H,11-12H2,1-2H3,(H,20,22). The van der Waals surface area contributed by atoms with Crippen molar-refractivity contribution >= 4 is 34.8 Å². The molecule has 0 aromatic heterocycles. The molecule has 3 rings (SSSR count). The Morgan fingerprint density at radius 3 is 2.17 bits per heavy atom. The van der Waals surface area contributed by atoms with Gasteiger partial charge in [0.1, 0.15) is 0 Å². The summed E-state index contributed by atoms with van der Waals surface area (Å²) in [5.74, 6) is -0.0700. The molecule has 0 bridgehead atoms. The van der Waals surface area contributed by atoms with E-state index in [1.54, 1.807) is 11.8 Å². The average Bonchev–Trinajstić information content (AvgIpc) is 2.56. The van der Waals surface area contributed by atoms with Crippen molar-refractivity contribution in [2.24, 2.45) is 5.10 Å². The van der Waals surface area contributed by atoms with E-state index in [2.05, 4.69) is 39.7 Å². The number of carbonyl (C=O) groups is 1. The van der Waals surface area contributed by atoms with Gasteiger partial charge in [0.2, 0.25) is 5.91 Å². The van der Waals surface area contributed by atoms with E-state index in [9.17, 15) is 4.79 Å². The molecule has 118 valence electrons. The lowest BCUT2D eigenvalue weighted by molar-refractivity contribution is -0.120. The van der Waals surface area contributed by atoms with E-state index in [1.807, 2.05) is 38.1 Å². The summed E-state index contributed by atoms with van der Waals surface area (Å²) in [6, 6.07) is 16.6.